The summed E-state index contributed by atoms with van der Waals surface area (Å²) in [4.78, 5) is 4.08. The zero-order valence-corrected chi connectivity index (χ0v) is 4.08. The molecule has 36 valence electrons. The quantitative estimate of drug-likeness (QED) is 0.293. The van der Waals surface area contributed by atoms with E-state index in [4.69, 9.17) is 5.26 Å². The summed E-state index contributed by atoms with van der Waals surface area (Å²) in [6, 6.07) is 0. The van der Waals surface area contributed by atoms with E-state index in [9.17, 15) is 0 Å². The molecule has 1 N–H and O–H groups in total. The Hall–Kier alpha value is -0.460. The molecular formula is C2H5ClN2O. The van der Waals surface area contributed by atoms with Crippen LogP contribution in [0.4, 0.5) is 0 Å². The lowest BCUT2D eigenvalue weighted by Gasteiger charge is -1.79. The van der Waals surface area contributed by atoms with Crippen molar-refractivity contribution >= 4 is 12.4 Å². The van der Waals surface area contributed by atoms with Crippen LogP contribution in [0.15, 0.2) is 0 Å². The molecule has 4 heteroatoms. The van der Waals surface area contributed by atoms with Crippen molar-refractivity contribution in [2.24, 2.45) is 0 Å². The van der Waals surface area contributed by atoms with Gasteiger partial charge in [-0.05, 0) is 0 Å². The number of rotatable bonds is 1. The highest BCUT2D eigenvalue weighted by molar-refractivity contribution is 5.85. The molecule has 0 heterocycles. The van der Waals surface area contributed by atoms with Crippen LogP contribution in [0.1, 0.15) is 0 Å². The van der Waals surface area contributed by atoms with Crippen LogP contribution in [0.3, 0.4) is 0 Å². The molecule has 0 saturated heterocycles. The van der Waals surface area contributed by atoms with Gasteiger partial charge in [0.05, 0.1) is 7.11 Å². The summed E-state index contributed by atoms with van der Waals surface area (Å²) < 4.78 is 0. The van der Waals surface area contributed by atoms with Crippen LogP contribution in [-0.4, -0.2) is 7.11 Å². The van der Waals surface area contributed by atoms with Crippen molar-refractivity contribution in [1.29, 1.82) is 5.26 Å². The van der Waals surface area contributed by atoms with Crippen molar-refractivity contribution in [3.8, 4) is 6.19 Å². The van der Waals surface area contributed by atoms with Crippen LogP contribution >= 0.6 is 12.4 Å². The van der Waals surface area contributed by atoms with Gasteiger partial charge in [0.15, 0.2) is 0 Å². The third-order valence-corrected chi connectivity index (χ3v) is 0.148. The standard InChI is InChI=1S/C2H4N2O.ClH/c1-5-4-2-3;/h4H,1H3;1H. The molecular weight excluding hydrogens is 103 g/mol. The van der Waals surface area contributed by atoms with E-state index in [2.05, 4.69) is 4.84 Å². The fourth-order valence-electron chi connectivity index (χ4n) is 0.0456. The minimum absolute atomic E-state index is 0. The zero-order valence-electron chi connectivity index (χ0n) is 3.26. The number of nitrogens with zero attached hydrogens (tertiary/aromatic N) is 1. The maximum Gasteiger partial charge on any atom is 0.202 e. The number of hydroxylamine groups is 1. The van der Waals surface area contributed by atoms with Gasteiger partial charge in [-0.15, -0.1) is 12.4 Å². The summed E-state index contributed by atoms with van der Waals surface area (Å²) in [7, 11) is 1.38. The Morgan fingerprint density at radius 3 is 2.33 bits per heavy atom. The highest BCUT2D eigenvalue weighted by atomic mass is 35.5. The maximum atomic E-state index is 7.58. The monoisotopic (exact) mass is 108 g/mol. The first-order chi connectivity index (χ1) is 2.41. The van der Waals surface area contributed by atoms with Gasteiger partial charge in [0.2, 0.25) is 6.19 Å². The summed E-state index contributed by atoms with van der Waals surface area (Å²) >= 11 is 0. The molecule has 0 unspecified atom stereocenters. The highest BCUT2D eigenvalue weighted by Crippen LogP contribution is 1.39. The first kappa shape index (κ1) is 9.11. The van der Waals surface area contributed by atoms with Crippen molar-refractivity contribution in [2.75, 3.05) is 7.11 Å². The summed E-state index contributed by atoms with van der Waals surface area (Å²) in [5.41, 5.74) is 1.92. The Morgan fingerprint density at radius 1 is 1.83 bits per heavy atom. The van der Waals surface area contributed by atoms with E-state index in [0.717, 1.165) is 0 Å². The van der Waals surface area contributed by atoms with Crippen LogP contribution in [0.2, 0.25) is 0 Å². The number of hydrogen-bond acceptors (Lipinski definition) is 3. The molecule has 0 saturated carbocycles. The van der Waals surface area contributed by atoms with E-state index >= 15 is 0 Å². The van der Waals surface area contributed by atoms with E-state index in [0.29, 0.717) is 0 Å². The second-order valence-corrected chi connectivity index (χ2v) is 0.418. The maximum absolute atomic E-state index is 7.58. The third kappa shape index (κ3) is 9.63. The number of hydrogen-bond donors (Lipinski definition) is 1. The molecule has 0 aliphatic heterocycles. The molecule has 0 spiro atoms. The molecule has 0 aliphatic rings. The number of halogens is 1. The van der Waals surface area contributed by atoms with Gasteiger partial charge in [-0.25, -0.2) is 5.48 Å². The van der Waals surface area contributed by atoms with E-state index < -0.39 is 0 Å². The van der Waals surface area contributed by atoms with Crippen LogP contribution in [-0.2, 0) is 4.84 Å². The van der Waals surface area contributed by atoms with Gasteiger partial charge in [-0.3, -0.25) is 4.84 Å². The second-order valence-electron chi connectivity index (χ2n) is 0.418. The van der Waals surface area contributed by atoms with E-state index in [1.165, 1.54) is 7.11 Å². The van der Waals surface area contributed by atoms with E-state index in [1.54, 1.807) is 6.19 Å². The lowest BCUT2D eigenvalue weighted by Crippen LogP contribution is -1.99. The van der Waals surface area contributed by atoms with Crippen LogP contribution < -0.4 is 5.48 Å². The minimum atomic E-state index is 0. The average Bonchev–Trinajstić information content (AvgIpc) is 1.41. The van der Waals surface area contributed by atoms with Crippen molar-refractivity contribution in [1.82, 2.24) is 5.48 Å². The van der Waals surface area contributed by atoms with Gasteiger partial charge < -0.3 is 0 Å². The van der Waals surface area contributed by atoms with Crippen molar-refractivity contribution < 1.29 is 4.84 Å². The Kier molecular flexibility index (Phi) is 13.4. The first-order valence-electron chi connectivity index (χ1n) is 1.09. The van der Waals surface area contributed by atoms with Gasteiger partial charge in [0.25, 0.3) is 0 Å². The normalized spacial score (nSPS) is 4.67. The van der Waals surface area contributed by atoms with Gasteiger partial charge in [0, 0.05) is 0 Å². The molecule has 0 rings (SSSR count). The Balaban J connectivity index is 0. The largest absolute Gasteiger partial charge is 0.270 e. The van der Waals surface area contributed by atoms with Crippen LogP contribution in [0.5, 0.6) is 0 Å². The van der Waals surface area contributed by atoms with E-state index in [-0.39, 0.29) is 12.4 Å². The lowest BCUT2D eigenvalue weighted by molar-refractivity contribution is 0.134. The molecule has 0 aromatic rings. The van der Waals surface area contributed by atoms with Crippen molar-refractivity contribution in [3.05, 3.63) is 0 Å². The summed E-state index contributed by atoms with van der Waals surface area (Å²) in [6.07, 6.45) is 1.55. The lowest BCUT2D eigenvalue weighted by atomic mass is 11.4. The molecule has 0 aromatic carbocycles. The molecule has 0 fully saturated rings. The summed E-state index contributed by atoms with van der Waals surface area (Å²) in [5.74, 6) is 0. The first-order valence-corrected chi connectivity index (χ1v) is 1.09. The topological polar surface area (TPSA) is 45.0 Å². The molecule has 0 aliphatic carbocycles. The molecule has 0 atom stereocenters. The van der Waals surface area contributed by atoms with Crippen molar-refractivity contribution in [3.63, 3.8) is 0 Å². The van der Waals surface area contributed by atoms with Gasteiger partial charge in [0.1, 0.15) is 0 Å². The summed E-state index contributed by atoms with van der Waals surface area (Å²) in [5, 5.41) is 7.58. The number of nitrogens with one attached hydrogen (secondary N) is 1. The average molecular weight is 109 g/mol. The van der Waals surface area contributed by atoms with Crippen molar-refractivity contribution in [2.45, 2.75) is 0 Å². The van der Waals surface area contributed by atoms with Gasteiger partial charge in [-0.2, -0.15) is 5.26 Å². The Labute approximate surface area is 42.3 Å². The minimum Gasteiger partial charge on any atom is -0.270 e. The molecule has 0 amide bonds. The number of nitriles is 1. The predicted octanol–water partition coefficient (Wildman–Crippen LogP) is 0.0403. The smallest absolute Gasteiger partial charge is 0.202 e. The summed E-state index contributed by atoms with van der Waals surface area (Å²) in [6.45, 7) is 0. The van der Waals surface area contributed by atoms with Gasteiger partial charge >= 0.3 is 0 Å². The van der Waals surface area contributed by atoms with Crippen LogP contribution in [0.25, 0.3) is 0 Å². The molecule has 0 bridgehead atoms. The molecule has 3 nitrogen and oxygen atoms in total. The Bertz CT molecular complexity index is 50.0. The highest BCUT2D eigenvalue weighted by Gasteiger charge is 1.55. The second kappa shape index (κ2) is 8.82. The fraction of sp³-hybridized carbons (Fsp3) is 0.500. The molecule has 0 radical (unpaired) electrons. The molecule has 6 heavy (non-hydrogen) atoms. The van der Waals surface area contributed by atoms with Gasteiger partial charge in [-0.1, -0.05) is 0 Å². The third-order valence-electron chi connectivity index (χ3n) is 0.148. The van der Waals surface area contributed by atoms with E-state index in [1.807, 2.05) is 5.48 Å². The Morgan fingerprint density at radius 2 is 2.33 bits per heavy atom. The fourth-order valence-corrected chi connectivity index (χ4v) is 0.0456. The predicted molar refractivity (Wildman–Crippen MR) is 23.0 cm³/mol. The van der Waals surface area contributed by atoms with Crippen LogP contribution in [0, 0.1) is 11.5 Å². The SMILES string of the molecule is CONC#N.Cl. The molecule has 0 aromatic heterocycles. The zero-order chi connectivity index (χ0) is 4.12.